The highest BCUT2D eigenvalue weighted by Crippen LogP contribution is 2.50. The molecule has 5 heteroatoms. The quantitative estimate of drug-likeness (QED) is 0.666. The number of ether oxygens (including phenoxy) is 1. The monoisotopic (exact) mass is 363 g/mol. The normalized spacial score (nSPS) is 27.6. The maximum atomic E-state index is 13.0. The Bertz CT molecular complexity index is 859. The SMILES string of the molecule is CCOC(=O)[C@@H]1C(=O)C[C@@](O)(c2ccccc2)[C@@H](C#N)[C@@H]1c1ccccc1. The van der Waals surface area contributed by atoms with Crippen LogP contribution in [0.4, 0.5) is 0 Å². The fourth-order valence-electron chi connectivity index (χ4n) is 3.94. The summed E-state index contributed by atoms with van der Waals surface area (Å²) in [5, 5.41) is 21.4. The minimum atomic E-state index is -1.67. The Hall–Kier alpha value is -2.97. The van der Waals surface area contributed by atoms with Crippen LogP contribution in [-0.2, 0) is 19.9 Å². The van der Waals surface area contributed by atoms with Crippen molar-refractivity contribution < 1.29 is 19.4 Å². The van der Waals surface area contributed by atoms with Crippen LogP contribution < -0.4 is 0 Å². The molecule has 1 N–H and O–H groups in total. The van der Waals surface area contributed by atoms with Gasteiger partial charge in [-0.15, -0.1) is 0 Å². The second-order valence-corrected chi connectivity index (χ2v) is 6.71. The lowest BCUT2D eigenvalue weighted by Crippen LogP contribution is -2.51. The fourth-order valence-corrected chi connectivity index (χ4v) is 3.94. The van der Waals surface area contributed by atoms with Gasteiger partial charge in [0.1, 0.15) is 11.5 Å². The van der Waals surface area contributed by atoms with Gasteiger partial charge in [0, 0.05) is 12.3 Å². The third-order valence-electron chi connectivity index (χ3n) is 5.16. The molecule has 0 unspecified atom stereocenters. The van der Waals surface area contributed by atoms with E-state index in [0.717, 1.165) is 0 Å². The van der Waals surface area contributed by atoms with Gasteiger partial charge in [0.25, 0.3) is 0 Å². The topological polar surface area (TPSA) is 87.4 Å². The minimum Gasteiger partial charge on any atom is -0.465 e. The van der Waals surface area contributed by atoms with Crippen LogP contribution in [0.3, 0.4) is 0 Å². The van der Waals surface area contributed by atoms with Crippen LogP contribution in [-0.4, -0.2) is 23.5 Å². The Labute approximate surface area is 158 Å². The van der Waals surface area contributed by atoms with E-state index in [1.807, 2.05) is 6.07 Å². The van der Waals surface area contributed by atoms with Crippen molar-refractivity contribution in [3.63, 3.8) is 0 Å². The molecule has 0 aliphatic heterocycles. The zero-order valence-corrected chi connectivity index (χ0v) is 15.0. The summed E-state index contributed by atoms with van der Waals surface area (Å²) in [5.41, 5.74) is -0.519. The van der Waals surface area contributed by atoms with Gasteiger partial charge in [-0.1, -0.05) is 60.7 Å². The summed E-state index contributed by atoms with van der Waals surface area (Å²) >= 11 is 0. The lowest BCUT2D eigenvalue weighted by atomic mass is 9.60. The van der Waals surface area contributed by atoms with Crippen molar-refractivity contribution in [2.24, 2.45) is 11.8 Å². The maximum Gasteiger partial charge on any atom is 0.317 e. The molecular weight excluding hydrogens is 342 g/mol. The summed E-state index contributed by atoms with van der Waals surface area (Å²) in [6.45, 7) is 1.81. The molecule has 0 bridgehead atoms. The minimum absolute atomic E-state index is 0.143. The molecular formula is C22H21NO4. The zero-order chi connectivity index (χ0) is 19.4. The Morgan fingerprint density at radius 2 is 1.78 bits per heavy atom. The van der Waals surface area contributed by atoms with E-state index in [-0.39, 0.29) is 13.0 Å². The van der Waals surface area contributed by atoms with E-state index in [0.29, 0.717) is 11.1 Å². The molecule has 1 saturated carbocycles. The molecule has 1 aliphatic carbocycles. The van der Waals surface area contributed by atoms with Gasteiger partial charge in [-0.3, -0.25) is 9.59 Å². The van der Waals surface area contributed by atoms with Crippen LogP contribution in [0.2, 0.25) is 0 Å². The smallest absolute Gasteiger partial charge is 0.317 e. The summed E-state index contributed by atoms with van der Waals surface area (Å²) in [7, 11) is 0. The summed E-state index contributed by atoms with van der Waals surface area (Å²) < 4.78 is 5.12. The van der Waals surface area contributed by atoms with Gasteiger partial charge in [0.15, 0.2) is 5.78 Å². The molecule has 2 aromatic rings. The number of esters is 1. The Kier molecular flexibility index (Phi) is 5.38. The number of hydrogen-bond acceptors (Lipinski definition) is 5. The molecule has 3 rings (SSSR count). The number of rotatable bonds is 4. The van der Waals surface area contributed by atoms with Gasteiger partial charge in [0.05, 0.1) is 18.6 Å². The first kappa shape index (κ1) is 18.8. The molecule has 0 saturated heterocycles. The molecule has 138 valence electrons. The predicted molar refractivity (Wildman–Crippen MR) is 98.4 cm³/mol. The molecule has 5 nitrogen and oxygen atoms in total. The number of Topliss-reactive ketones (excluding diaryl/α,β-unsaturated/α-hetero) is 1. The predicted octanol–water partition coefficient (Wildman–Crippen LogP) is 2.95. The first-order chi connectivity index (χ1) is 13.0. The van der Waals surface area contributed by atoms with Crippen molar-refractivity contribution in [2.45, 2.75) is 24.9 Å². The largest absolute Gasteiger partial charge is 0.465 e. The Morgan fingerprint density at radius 1 is 1.19 bits per heavy atom. The molecule has 1 fully saturated rings. The van der Waals surface area contributed by atoms with E-state index in [9.17, 15) is 20.0 Å². The average Bonchev–Trinajstić information content (AvgIpc) is 2.69. The van der Waals surface area contributed by atoms with E-state index in [1.165, 1.54) is 0 Å². The van der Waals surface area contributed by atoms with Gasteiger partial charge >= 0.3 is 5.97 Å². The third kappa shape index (κ3) is 3.36. The molecule has 0 aromatic heterocycles. The van der Waals surface area contributed by atoms with Gasteiger partial charge in [-0.05, 0) is 18.1 Å². The molecule has 2 aromatic carbocycles. The number of carbonyl (C=O) groups is 2. The van der Waals surface area contributed by atoms with E-state index in [1.54, 1.807) is 61.5 Å². The lowest BCUT2D eigenvalue weighted by Gasteiger charge is -2.44. The second kappa shape index (κ2) is 7.73. The van der Waals surface area contributed by atoms with Crippen LogP contribution in [0.15, 0.2) is 60.7 Å². The van der Waals surface area contributed by atoms with Crippen LogP contribution >= 0.6 is 0 Å². The number of nitriles is 1. The van der Waals surface area contributed by atoms with Crippen molar-refractivity contribution in [2.75, 3.05) is 6.61 Å². The summed E-state index contributed by atoms with van der Waals surface area (Å²) in [4.78, 5) is 25.5. The third-order valence-corrected chi connectivity index (χ3v) is 5.16. The molecule has 0 spiro atoms. The number of carbonyl (C=O) groups excluding carboxylic acids is 2. The second-order valence-electron chi connectivity index (χ2n) is 6.71. The average molecular weight is 363 g/mol. The van der Waals surface area contributed by atoms with Gasteiger partial charge in [-0.25, -0.2) is 0 Å². The fraction of sp³-hybridized carbons (Fsp3) is 0.318. The van der Waals surface area contributed by atoms with Crippen LogP contribution in [0.5, 0.6) is 0 Å². The summed E-state index contributed by atoms with van der Waals surface area (Å²) in [6.07, 6.45) is -0.304. The van der Waals surface area contributed by atoms with Gasteiger partial charge in [-0.2, -0.15) is 5.26 Å². The Balaban J connectivity index is 2.15. The first-order valence-electron chi connectivity index (χ1n) is 8.94. The highest BCUT2D eigenvalue weighted by molar-refractivity contribution is 6.01. The summed E-state index contributed by atoms with van der Waals surface area (Å²) in [5.74, 6) is -3.94. The first-order valence-corrected chi connectivity index (χ1v) is 8.94. The lowest BCUT2D eigenvalue weighted by molar-refractivity contribution is -0.161. The van der Waals surface area contributed by atoms with Crippen molar-refractivity contribution in [1.82, 2.24) is 0 Å². The number of nitrogens with zero attached hydrogens (tertiary/aromatic N) is 1. The number of aliphatic hydroxyl groups is 1. The summed E-state index contributed by atoms with van der Waals surface area (Å²) in [6, 6.07) is 19.8. The molecule has 0 amide bonds. The molecule has 1 aliphatic rings. The molecule has 0 heterocycles. The van der Waals surface area contributed by atoms with Crippen LogP contribution in [0.25, 0.3) is 0 Å². The van der Waals surface area contributed by atoms with E-state index in [4.69, 9.17) is 4.74 Å². The number of hydrogen-bond donors (Lipinski definition) is 1. The molecule has 0 radical (unpaired) electrons. The van der Waals surface area contributed by atoms with E-state index in [2.05, 4.69) is 6.07 Å². The number of ketones is 1. The maximum absolute atomic E-state index is 13.0. The van der Waals surface area contributed by atoms with Crippen LogP contribution in [0, 0.1) is 23.2 Å². The van der Waals surface area contributed by atoms with Crippen molar-refractivity contribution in [1.29, 1.82) is 5.26 Å². The van der Waals surface area contributed by atoms with Crippen molar-refractivity contribution in [3.05, 3.63) is 71.8 Å². The van der Waals surface area contributed by atoms with E-state index >= 15 is 0 Å². The Morgan fingerprint density at radius 3 is 2.33 bits per heavy atom. The zero-order valence-electron chi connectivity index (χ0n) is 15.0. The van der Waals surface area contributed by atoms with E-state index < -0.39 is 35.1 Å². The highest BCUT2D eigenvalue weighted by atomic mass is 16.5. The van der Waals surface area contributed by atoms with Crippen molar-refractivity contribution in [3.8, 4) is 6.07 Å². The molecule has 27 heavy (non-hydrogen) atoms. The van der Waals surface area contributed by atoms with Crippen LogP contribution in [0.1, 0.15) is 30.4 Å². The van der Waals surface area contributed by atoms with Gasteiger partial charge < -0.3 is 9.84 Å². The van der Waals surface area contributed by atoms with Gasteiger partial charge in [0.2, 0.25) is 0 Å². The highest BCUT2D eigenvalue weighted by Gasteiger charge is 2.56. The standard InChI is InChI=1S/C22H21NO4/c1-2-27-21(25)20-18(24)13-22(26,16-11-7-4-8-12-16)17(14-23)19(20)15-9-5-3-6-10-15/h3-12,17,19-20,26H,2,13H2,1H3/t17-,19-,20+,22+/m0/s1. The molecule has 4 atom stereocenters. The van der Waals surface area contributed by atoms with Crippen molar-refractivity contribution >= 4 is 11.8 Å². The number of benzene rings is 2.